The number of hydrogen-bond acceptors (Lipinski definition) is 7. The lowest BCUT2D eigenvalue weighted by Crippen LogP contribution is -2.49. The minimum absolute atomic E-state index is 0.0115. The van der Waals surface area contributed by atoms with Crippen molar-refractivity contribution in [1.29, 1.82) is 0 Å². The number of aryl methyl sites for hydroxylation is 1. The number of carbonyl (C=O) groups is 2. The van der Waals surface area contributed by atoms with E-state index >= 15 is 0 Å². The standard InChI is InChI=1S/C14H19N7O.C2HF3O2/c1-11-2-4-12(5-3-11)19-6-8-20(9-7-19)13(22)10-21-14(15)16-17-18-21;3-2(4,5)1(6)7/h2-5H,6-10H2,1H3,(H2,15,16,18);(H,6,7). The lowest BCUT2D eigenvalue weighted by Gasteiger charge is -2.36. The van der Waals surface area contributed by atoms with Gasteiger partial charge in [0.2, 0.25) is 11.9 Å². The first-order valence-electron chi connectivity index (χ1n) is 8.49. The number of rotatable bonds is 3. The molecule has 2 heterocycles. The van der Waals surface area contributed by atoms with Gasteiger partial charge >= 0.3 is 12.1 Å². The van der Waals surface area contributed by atoms with E-state index in [0.717, 1.165) is 13.1 Å². The molecular weight excluding hydrogens is 395 g/mol. The number of alkyl halides is 3. The van der Waals surface area contributed by atoms with Crippen molar-refractivity contribution in [1.82, 2.24) is 25.1 Å². The van der Waals surface area contributed by atoms with Gasteiger partial charge in [-0.15, -0.1) is 0 Å². The van der Waals surface area contributed by atoms with Crippen molar-refractivity contribution >= 4 is 23.5 Å². The molecule has 0 aliphatic carbocycles. The third-order valence-corrected chi connectivity index (χ3v) is 4.12. The molecule has 0 atom stereocenters. The fourth-order valence-electron chi connectivity index (χ4n) is 2.52. The SMILES string of the molecule is Cc1ccc(N2CCN(C(=O)Cn3nnnc3N)CC2)cc1.O=C(O)C(F)(F)F. The fraction of sp³-hybridized carbons (Fsp3) is 0.438. The number of nitrogens with zero attached hydrogens (tertiary/aromatic N) is 6. The van der Waals surface area contributed by atoms with Crippen LogP contribution < -0.4 is 10.6 Å². The summed E-state index contributed by atoms with van der Waals surface area (Å²) in [7, 11) is 0. The van der Waals surface area contributed by atoms with Crippen LogP contribution in [0.15, 0.2) is 24.3 Å². The number of piperazine rings is 1. The second-order valence-corrected chi connectivity index (χ2v) is 6.20. The highest BCUT2D eigenvalue weighted by Gasteiger charge is 2.38. The van der Waals surface area contributed by atoms with Crippen LogP contribution in [-0.4, -0.2) is 74.4 Å². The summed E-state index contributed by atoms with van der Waals surface area (Å²) in [5.41, 5.74) is 8.02. The number of benzene rings is 1. The van der Waals surface area contributed by atoms with E-state index in [9.17, 15) is 18.0 Å². The number of nitrogen functional groups attached to an aromatic ring is 1. The molecule has 1 saturated heterocycles. The van der Waals surface area contributed by atoms with Gasteiger partial charge in [0.05, 0.1) is 0 Å². The third-order valence-electron chi connectivity index (χ3n) is 4.12. The van der Waals surface area contributed by atoms with E-state index in [-0.39, 0.29) is 18.4 Å². The normalized spacial score (nSPS) is 14.2. The van der Waals surface area contributed by atoms with E-state index in [4.69, 9.17) is 15.6 Å². The van der Waals surface area contributed by atoms with Crippen molar-refractivity contribution < 1.29 is 27.9 Å². The van der Waals surface area contributed by atoms with Gasteiger partial charge in [-0.25, -0.2) is 9.48 Å². The summed E-state index contributed by atoms with van der Waals surface area (Å²) in [6, 6.07) is 8.45. The first-order valence-corrected chi connectivity index (χ1v) is 8.49. The van der Waals surface area contributed by atoms with Gasteiger partial charge in [0.25, 0.3) is 0 Å². The van der Waals surface area contributed by atoms with Crippen molar-refractivity contribution in [3.8, 4) is 0 Å². The molecule has 1 fully saturated rings. The molecule has 1 aliphatic heterocycles. The number of carboxylic acid groups (broad SMARTS) is 1. The molecule has 0 saturated carbocycles. The van der Waals surface area contributed by atoms with Gasteiger partial charge in [-0.3, -0.25) is 4.79 Å². The predicted molar refractivity (Wildman–Crippen MR) is 95.9 cm³/mol. The molecule has 1 amide bonds. The van der Waals surface area contributed by atoms with Crippen molar-refractivity contribution in [3.05, 3.63) is 29.8 Å². The molecule has 1 aromatic carbocycles. The average Bonchev–Trinajstić information content (AvgIpc) is 3.07. The molecule has 3 rings (SSSR count). The Morgan fingerprint density at radius 3 is 2.14 bits per heavy atom. The first-order chi connectivity index (χ1) is 13.6. The number of nitrogens with two attached hydrogens (primary N) is 1. The highest BCUT2D eigenvalue weighted by atomic mass is 19.4. The van der Waals surface area contributed by atoms with Gasteiger partial charge < -0.3 is 20.6 Å². The number of carboxylic acids is 1. The molecule has 0 spiro atoms. The summed E-state index contributed by atoms with van der Waals surface area (Å²) in [4.78, 5) is 25.2. The predicted octanol–water partition coefficient (Wildman–Crippen LogP) is 0.546. The number of hydrogen-bond donors (Lipinski definition) is 2. The average molecular weight is 415 g/mol. The molecule has 0 bridgehead atoms. The molecule has 29 heavy (non-hydrogen) atoms. The molecule has 3 N–H and O–H groups in total. The minimum atomic E-state index is -5.08. The van der Waals surface area contributed by atoms with E-state index in [1.807, 2.05) is 4.90 Å². The Bertz CT molecular complexity index is 831. The monoisotopic (exact) mass is 415 g/mol. The Morgan fingerprint density at radius 1 is 1.14 bits per heavy atom. The molecule has 10 nitrogen and oxygen atoms in total. The molecule has 0 radical (unpaired) electrons. The quantitative estimate of drug-likeness (QED) is 0.743. The fourth-order valence-corrected chi connectivity index (χ4v) is 2.52. The molecule has 0 unspecified atom stereocenters. The molecule has 1 aromatic heterocycles. The van der Waals surface area contributed by atoms with Crippen LogP contribution in [0.4, 0.5) is 24.8 Å². The summed E-state index contributed by atoms with van der Waals surface area (Å²) in [6.07, 6.45) is -5.08. The molecule has 2 aromatic rings. The molecule has 158 valence electrons. The van der Waals surface area contributed by atoms with Crippen molar-refractivity contribution in [2.24, 2.45) is 0 Å². The van der Waals surface area contributed by atoms with E-state index < -0.39 is 12.1 Å². The second kappa shape index (κ2) is 9.21. The van der Waals surface area contributed by atoms with Crippen LogP contribution in [0, 0.1) is 6.92 Å². The van der Waals surface area contributed by atoms with Crippen LogP contribution in [0.25, 0.3) is 0 Å². The number of tetrazole rings is 1. The van der Waals surface area contributed by atoms with Gasteiger partial charge in [-0.05, 0) is 29.5 Å². The Balaban J connectivity index is 0.000000370. The topological polar surface area (TPSA) is 130 Å². The van der Waals surface area contributed by atoms with Crippen LogP contribution in [0.1, 0.15) is 5.56 Å². The van der Waals surface area contributed by atoms with Crippen LogP contribution in [-0.2, 0) is 16.1 Å². The third kappa shape index (κ3) is 6.33. The van der Waals surface area contributed by atoms with E-state index in [1.165, 1.54) is 15.9 Å². The number of halogens is 3. The number of anilines is 2. The molecular formula is C16H20F3N7O3. The maximum absolute atomic E-state index is 12.2. The smallest absolute Gasteiger partial charge is 0.475 e. The Labute approximate surface area is 163 Å². The van der Waals surface area contributed by atoms with E-state index in [0.29, 0.717) is 13.1 Å². The van der Waals surface area contributed by atoms with E-state index in [2.05, 4.69) is 51.6 Å². The van der Waals surface area contributed by atoms with E-state index in [1.54, 1.807) is 0 Å². The maximum atomic E-state index is 12.2. The lowest BCUT2D eigenvalue weighted by atomic mass is 10.2. The second-order valence-electron chi connectivity index (χ2n) is 6.20. The van der Waals surface area contributed by atoms with Crippen molar-refractivity contribution in [2.75, 3.05) is 36.8 Å². The Morgan fingerprint density at radius 2 is 1.69 bits per heavy atom. The first kappa shape index (κ1) is 21.9. The van der Waals surface area contributed by atoms with Crippen LogP contribution in [0.2, 0.25) is 0 Å². The van der Waals surface area contributed by atoms with Crippen molar-refractivity contribution in [2.45, 2.75) is 19.6 Å². The molecule has 1 aliphatic rings. The van der Waals surface area contributed by atoms with Gasteiger partial charge in [0, 0.05) is 31.9 Å². The largest absolute Gasteiger partial charge is 0.490 e. The number of carbonyl (C=O) groups excluding carboxylic acids is 1. The summed E-state index contributed by atoms with van der Waals surface area (Å²) in [5.74, 6) is -2.61. The highest BCUT2D eigenvalue weighted by Crippen LogP contribution is 2.17. The van der Waals surface area contributed by atoms with Crippen molar-refractivity contribution in [3.63, 3.8) is 0 Å². The minimum Gasteiger partial charge on any atom is -0.475 e. The van der Waals surface area contributed by atoms with Gasteiger partial charge in [-0.1, -0.05) is 22.8 Å². The number of aromatic nitrogens is 4. The van der Waals surface area contributed by atoms with Crippen LogP contribution in [0.5, 0.6) is 0 Å². The zero-order valence-electron chi connectivity index (χ0n) is 15.5. The zero-order valence-corrected chi connectivity index (χ0v) is 15.5. The summed E-state index contributed by atoms with van der Waals surface area (Å²) >= 11 is 0. The van der Waals surface area contributed by atoms with Gasteiger partial charge in [0.15, 0.2) is 0 Å². The van der Waals surface area contributed by atoms with Crippen LogP contribution >= 0.6 is 0 Å². The maximum Gasteiger partial charge on any atom is 0.490 e. The Kier molecular flexibility index (Phi) is 6.96. The summed E-state index contributed by atoms with van der Waals surface area (Å²) in [5, 5.41) is 17.8. The van der Waals surface area contributed by atoms with Gasteiger partial charge in [-0.2, -0.15) is 13.2 Å². The number of amides is 1. The van der Waals surface area contributed by atoms with Gasteiger partial charge in [0.1, 0.15) is 6.54 Å². The zero-order chi connectivity index (χ0) is 21.6. The molecule has 13 heteroatoms. The summed E-state index contributed by atoms with van der Waals surface area (Å²) < 4.78 is 33.1. The highest BCUT2D eigenvalue weighted by molar-refractivity contribution is 5.76. The summed E-state index contributed by atoms with van der Waals surface area (Å²) in [6.45, 7) is 5.18. The lowest BCUT2D eigenvalue weighted by molar-refractivity contribution is -0.192. The van der Waals surface area contributed by atoms with Crippen LogP contribution in [0.3, 0.4) is 0 Å². The Hall–Kier alpha value is -3.38. The number of aliphatic carboxylic acids is 1.